The number of urea groups is 1. The molecule has 3 aromatic rings. The predicted molar refractivity (Wildman–Crippen MR) is 136 cm³/mol. The van der Waals surface area contributed by atoms with Crippen LogP contribution in [0, 0.1) is 5.82 Å². The number of pyridine rings is 1. The van der Waals surface area contributed by atoms with Crippen molar-refractivity contribution in [2.75, 3.05) is 11.9 Å². The van der Waals surface area contributed by atoms with Crippen LogP contribution in [0.1, 0.15) is 41.0 Å². The van der Waals surface area contributed by atoms with Crippen LogP contribution in [0.3, 0.4) is 0 Å². The van der Waals surface area contributed by atoms with Crippen molar-refractivity contribution < 1.29 is 32.3 Å². The van der Waals surface area contributed by atoms with Crippen LogP contribution in [0.5, 0.6) is 0 Å². The van der Waals surface area contributed by atoms with E-state index < -0.39 is 47.3 Å². The Morgan fingerprint density at radius 3 is 2.44 bits per heavy atom. The molecule has 206 valence electrons. The fraction of sp³-hybridized carbons (Fsp3) is 0.269. The van der Waals surface area contributed by atoms with Gasteiger partial charge in [0.2, 0.25) is 5.60 Å². The zero-order valence-corrected chi connectivity index (χ0v) is 21.5. The number of carbonyl (C=O) groups is 2. The van der Waals surface area contributed by atoms with Gasteiger partial charge < -0.3 is 21.1 Å². The molecule has 1 atom stereocenters. The first-order chi connectivity index (χ1) is 18.2. The molecule has 2 heterocycles. The van der Waals surface area contributed by atoms with Crippen LogP contribution in [-0.4, -0.2) is 34.7 Å². The predicted octanol–water partition coefficient (Wildman–Crippen LogP) is 4.68. The van der Waals surface area contributed by atoms with E-state index in [9.17, 15) is 32.3 Å². The van der Waals surface area contributed by atoms with Crippen molar-refractivity contribution in [1.29, 1.82) is 0 Å². The molecule has 1 aliphatic rings. The lowest BCUT2D eigenvalue weighted by Crippen LogP contribution is -2.51. The molecular weight excluding hydrogens is 542 g/mol. The molecule has 0 spiro atoms. The number of rotatable bonds is 7. The fourth-order valence-electron chi connectivity index (χ4n) is 3.92. The summed E-state index contributed by atoms with van der Waals surface area (Å²) in [6.07, 6.45) is -5.26. The van der Waals surface area contributed by atoms with Crippen LogP contribution >= 0.6 is 11.8 Å². The van der Waals surface area contributed by atoms with Crippen LogP contribution < -0.4 is 20.8 Å². The number of halogens is 5. The molecule has 1 aromatic heterocycles. The molecule has 8 nitrogen and oxygen atoms in total. The summed E-state index contributed by atoms with van der Waals surface area (Å²) in [4.78, 5) is 30.8. The second-order valence-corrected chi connectivity index (χ2v) is 9.76. The lowest BCUT2D eigenvalue weighted by Gasteiger charge is -2.32. The molecule has 5 N–H and O–H groups in total. The summed E-state index contributed by atoms with van der Waals surface area (Å²) in [6.45, 7) is 2.09. The van der Waals surface area contributed by atoms with Gasteiger partial charge in [0, 0.05) is 23.4 Å². The Kier molecular flexibility index (Phi) is 7.57. The molecule has 4 rings (SSSR count). The van der Waals surface area contributed by atoms with Gasteiger partial charge in [-0.15, -0.1) is 0 Å². The van der Waals surface area contributed by atoms with E-state index in [1.807, 2.05) is 0 Å². The lowest BCUT2D eigenvalue weighted by molar-refractivity contribution is -0.265. The molecule has 0 aliphatic carbocycles. The first-order valence-corrected chi connectivity index (χ1v) is 12.0. The summed E-state index contributed by atoms with van der Waals surface area (Å²) in [5, 5.41) is 18.3. The van der Waals surface area contributed by atoms with Gasteiger partial charge in [-0.3, -0.25) is 4.79 Å². The van der Waals surface area contributed by atoms with Gasteiger partial charge in [-0.2, -0.15) is 13.2 Å². The molecule has 39 heavy (non-hydrogen) atoms. The summed E-state index contributed by atoms with van der Waals surface area (Å²) in [5.74, 6) is -1.43. The van der Waals surface area contributed by atoms with Crippen LogP contribution in [0.15, 0.2) is 54.6 Å². The third kappa shape index (κ3) is 5.82. The number of carbonyl (C=O) groups excluding carboxylic acids is 2. The summed E-state index contributed by atoms with van der Waals surface area (Å²) in [6, 6.07) is 11.3. The average Bonchev–Trinajstić information content (AvgIpc) is 2.90. The van der Waals surface area contributed by atoms with Gasteiger partial charge in [-0.05, 0) is 91.3 Å². The summed E-state index contributed by atoms with van der Waals surface area (Å²) in [5.41, 5.74) is -3.82. The number of hydrogen-bond donors (Lipinski definition) is 5. The number of amides is 3. The van der Waals surface area contributed by atoms with E-state index in [2.05, 4.69) is 25.8 Å². The Balaban J connectivity index is 1.71. The highest BCUT2D eigenvalue weighted by molar-refractivity contribution is 6.13. The fourth-order valence-corrected chi connectivity index (χ4v) is 4.03. The SMILES string of the molecule is CC(C)(NCl)c1cc(-c2ccc(F)cc2)nc(C(O)(CNC(=O)c2ccc3c(c2)CNC(=O)N3)C(F)(F)F)c1. The Bertz CT molecular complexity index is 1420. The van der Waals surface area contributed by atoms with E-state index in [4.69, 9.17) is 11.8 Å². The second-order valence-electron chi connectivity index (χ2n) is 9.57. The maximum Gasteiger partial charge on any atom is 0.424 e. The number of nitrogens with zero attached hydrogens (tertiary/aromatic N) is 1. The molecule has 0 bridgehead atoms. The Labute approximate surface area is 225 Å². The number of hydrogen-bond acceptors (Lipinski definition) is 5. The highest BCUT2D eigenvalue weighted by atomic mass is 35.5. The highest BCUT2D eigenvalue weighted by Crippen LogP contribution is 2.40. The summed E-state index contributed by atoms with van der Waals surface area (Å²) < 4.78 is 56.7. The molecule has 13 heteroatoms. The van der Waals surface area contributed by atoms with Crippen molar-refractivity contribution in [2.24, 2.45) is 0 Å². The Morgan fingerprint density at radius 2 is 1.79 bits per heavy atom. The van der Waals surface area contributed by atoms with E-state index >= 15 is 0 Å². The molecular formula is C26H24ClF4N5O3. The Hall–Kier alpha value is -3.74. The van der Waals surface area contributed by atoms with Crippen molar-refractivity contribution in [3.8, 4) is 11.3 Å². The van der Waals surface area contributed by atoms with Gasteiger partial charge in [0.05, 0.1) is 23.5 Å². The van der Waals surface area contributed by atoms with Gasteiger partial charge in [0.25, 0.3) is 5.91 Å². The van der Waals surface area contributed by atoms with Crippen molar-refractivity contribution in [3.63, 3.8) is 0 Å². The second kappa shape index (κ2) is 10.4. The van der Waals surface area contributed by atoms with Gasteiger partial charge >= 0.3 is 12.2 Å². The summed E-state index contributed by atoms with van der Waals surface area (Å²) >= 11 is 5.84. The minimum absolute atomic E-state index is 0.0254. The van der Waals surface area contributed by atoms with Crippen LogP contribution in [0.4, 0.5) is 28.0 Å². The van der Waals surface area contributed by atoms with Crippen LogP contribution in [0.25, 0.3) is 11.3 Å². The highest BCUT2D eigenvalue weighted by Gasteiger charge is 2.56. The number of benzene rings is 2. The third-order valence-electron chi connectivity index (χ3n) is 6.38. The van der Waals surface area contributed by atoms with Crippen molar-refractivity contribution in [2.45, 2.75) is 37.7 Å². The van der Waals surface area contributed by atoms with Crippen LogP contribution in [-0.2, 0) is 17.7 Å². The summed E-state index contributed by atoms with van der Waals surface area (Å²) in [7, 11) is 0. The minimum Gasteiger partial charge on any atom is -0.374 e. The molecule has 0 fully saturated rings. The van der Waals surface area contributed by atoms with E-state index in [-0.39, 0.29) is 23.4 Å². The quantitative estimate of drug-likeness (QED) is 0.211. The first-order valence-electron chi connectivity index (χ1n) is 11.7. The zero-order chi connectivity index (χ0) is 28.6. The number of aliphatic hydroxyl groups is 1. The molecule has 2 aromatic carbocycles. The van der Waals surface area contributed by atoms with Crippen molar-refractivity contribution >= 4 is 29.4 Å². The van der Waals surface area contributed by atoms with E-state index in [0.717, 1.165) is 18.2 Å². The molecule has 0 saturated carbocycles. The number of alkyl halides is 3. The van der Waals surface area contributed by atoms with E-state index in [0.29, 0.717) is 16.8 Å². The zero-order valence-electron chi connectivity index (χ0n) is 20.7. The van der Waals surface area contributed by atoms with E-state index in [1.165, 1.54) is 36.4 Å². The molecule has 0 radical (unpaired) electrons. The van der Waals surface area contributed by atoms with Gasteiger partial charge in [0.1, 0.15) is 5.82 Å². The normalized spacial score (nSPS) is 15.0. The van der Waals surface area contributed by atoms with Crippen molar-refractivity contribution in [3.05, 3.63) is 82.8 Å². The maximum absolute atomic E-state index is 14.4. The van der Waals surface area contributed by atoms with Crippen molar-refractivity contribution in [1.82, 2.24) is 20.5 Å². The molecule has 3 amide bonds. The minimum atomic E-state index is -5.26. The lowest BCUT2D eigenvalue weighted by atomic mass is 9.89. The topological polar surface area (TPSA) is 115 Å². The third-order valence-corrected chi connectivity index (χ3v) is 6.85. The van der Waals surface area contributed by atoms with Gasteiger partial charge in [-0.1, -0.05) is 0 Å². The standard InChI is InChI=1S/C26H24ClF4N5O3/c1-24(2,36-27)17-10-20(14-3-6-18(28)7-4-14)34-21(11-17)25(39,26(29,30)31)13-33-22(37)15-5-8-19-16(9-15)12-32-23(38)35-19/h3-11,36,39H,12-13H2,1-2H3,(H,33,37)(H2,32,35,38). The number of aromatic nitrogens is 1. The van der Waals surface area contributed by atoms with Gasteiger partial charge in [0.15, 0.2) is 0 Å². The van der Waals surface area contributed by atoms with Crippen LogP contribution in [0.2, 0.25) is 0 Å². The van der Waals surface area contributed by atoms with Gasteiger partial charge in [-0.25, -0.2) is 19.0 Å². The number of nitrogens with one attached hydrogen (secondary N) is 4. The largest absolute Gasteiger partial charge is 0.424 e. The number of fused-ring (bicyclic) bond motifs is 1. The smallest absolute Gasteiger partial charge is 0.374 e. The first kappa shape index (κ1) is 28.3. The Morgan fingerprint density at radius 1 is 1.10 bits per heavy atom. The maximum atomic E-state index is 14.4. The molecule has 0 saturated heterocycles. The number of anilines is 1. The average molecular weight is 566 g/mol. The van der Waals surface area contributed by atoms with E-state index in [1.54, 1.807) is 13.8 Å². The molecule has 1 aliphatic heterocycles. The molecule has 1 unspecified atom stereocenters. The monoisotopic (exact) mass is 565 g/mol.